The monoisotopic (exact) mass is 268 g/mol. The van der Waals surface area contributed by atoms with E-state index in [2.05, 4.69) is 0 Å². The molecule has 0 bridgehead atoms. The third-order valence-electron chi connectivity index (χ3n) is 2.98. The number of carbonyl (C=O) groups is 1. The summed E-state index contributed by atoms with van der Waals surface area (Å²) in [5.41, 5.74) is 1.15. The lowest BCUT2D eigenvalue weighted by Crippen LogP contribution is -2.28. The highest BCUT2D eigenvalue weighted by molar-refractivity contribution is 6.21. The Labute approximate surface area is 114 Å². The highest BCUT2D eigenvalue weighted by Crippen LogP contribution is 2.17. The molecule has 0 aromatic heterocycles. The number of aliphatic hydroxyl groups excluding tert-OH is 1. The van der Waals surface area contributed by atoms with Crippen molar-refractivity contribution in [2.45, 2.75) is 44.6 Å². The molecular weight excluding hydrogens is 248 g/mol. The zero-order valence-electron chi connectivity index (χ0n) is 11.0. The van der Waals surface area contributed by atoms with Crippen LogP contribution in [0.5, 0.6) is 0 Å². The molecule has 100 valence electrons. The Morgan fingerprint density at radius 3 is 2.44 bits per heavy atom. The Kier molecular flexibility index (Phi) is 6.37. The number of carbonyl (C=O) groups excluding carboxylic acids is 1. The van der Waals surface area contributed by atoms with Crippen molar-refractivity contribution in [3.05, 3.63) is 35.9 Å². The largest absolute Gasteiger partial charge is 0.391 e. The summed E-state index contributed by atoms with van der Waals surface area (Å²) in [5.74, 6) is 0.237. The predicted octanol–water partition coefficient (Wildman–Crippen LogP) is 3.20. The Bertz CT molecular complexity index is 362. The molecule has 0 fully saturated rings. The maximum absolute atomic E-state index is 11.7. The number of aryl methyl sites for hydroxylation is 1. The van der Waals surface area contributed by atoms with Crippen molar-refractivity contribution in [2.75, 3.05) is 0 Å². The van der Waals surface area contributed by atoms with Gasteiger partial charge in [-0.1, -0.05) is 44.2 Å². The van der Waals surface area contributed by atoms with E-state index in [1.165, 1.54) is 0 Å². The number of rotatable bonds is 7. The molecule has 1 aromatic carbocycles. The van der Waals surface area contributed by atoms with Crippen LogP contribution in [0.3, 0.4) is 0 Å². The van der Waals surface area contributed by atoms with Gasteiger partial charge in [-0.2, -0.15) is 0 Å². The lowest BCUT2D eigenvalue weighted by molar-refractivity contribution is -0.121. The molecule has 1 aromatic rings. The van der Waals surface area contributed by atoms with E-state index >= 15 is 0 Å². The summed E-state index contributed by atoms with van der Waals surface area (Å²) < 4.78 is 0. The average Bonchev–Trinajstić information content (AvgIpc) is 2.36. The zero-order valence-corrected chi connectivity index (χ0v) is 11.7. The van der Waals surface area contributed by atoms with E-state index in [1.807, 2.05) is 44.2 Å². The summed E-state index contributed by atoms with van der Waals surface area (Å²) in [5, 5.41) is 9.45. The predicted molar refractivity (Wildman–Crippen MR) is 74.9 cm³/mol. The number of aliphatic hydroxyl groups is 1. The maximum atomic E-state index is 11.7. The number of Topliss-reactive ketones (excluding diaryl/α,β-unsaturated/α-hetero) is 1. The van der Waals surface area contributed by atoms with Gasteiger partial charge in [0.25, 0.3) is 0 Å². The van der Waals surface area contributed by atoms with Gasteiger partial charge in [0.1, 0.15) is 5.78 Å². The number of hydrogen-bond donors (Lipinski definition) is 1. The van der Waals surface area contributed by atoms with Crippen molar-refractivity contribution in [3.63, 3.8) is 0 Å². The Balaban J connectivity index is 2.34. The fourth-order valence-electron chi connectivity index (χ4n) is 1.82. The van der Waals surface area contributed by atoms with Crippen LogP contribution >= 0.6 is 11.6 Å². The molecule has 2 nitrogen and oxygen atoms in total. The van der Waals surface area contributed by atoms with Crippen molar-refractivity contribution < 1.29 is 9.90 Å². The van der Waals surface area contributed by atoms with E-state index in [1.54, 1.807) is 0 Å². The van der Waals surface area contributed by atoms with Crippen molar-refractivity contribution in [3.8, 4) is 0 Å². The standard InChI is InChI=1S/C15H21ClO2/c1-11(2)15(16)14(18)10-13(17)9-8-12-6-4-3-5-7-12/h3-7,11,14-15,18H,8-10H2,1-2H3/t14-,15+/m1/s1. The summed E-state index contributed by atoms with van der Waals surface area (Å²) in [6, 6.07) is 9.88. The van der Waals surface area contributed by atoms with Crippen LogP contribution in [0, 0.1) is 5.92 Å². The summed E-state index contributed by atoms with van der Waals surface area (Å²) in [4.78, 5) is 11.7. The van der Waals surface area contributed by atoms with Crippen molar-refractivity contribution in [1.29, 1.82) is 0 Å². The van der Waals surface area contributed by atoms with Crippen LogP contribution in [-0.4, -0.2) is 22.4 Å². The number of benzene rings is 1. The molecule has 0 aliphatic heterocycles. The normalized spacial score (nSPS) is 14.5. The minimum atomic E-state index is -0.741. The first-order valence-electron chi connectivity index (χ1n) is 6.38. The van der Waals surface area contributed by atoms with Gasteiger partial charge in [0, 0.05) is 12.8 Å². The molecule has 0 saturated carbocycles. The van der Waals surface area contributed by atoms with Crippen molar-refractivity contribution in [1.82, 2.24) is 0 Å². The van der Waals surface area contributed by atoms with Crippen LogP contribution in [-0.2, 0) is 11.2 Å². The summed E-state index contributed by atoms with van der Waals surface area (Å²) in [6.07, 6.45) is 0.595. The lowest BCUT2D eigenvalue weighted by atomic mass is 9.98. The summed E-state index contributed by atoms with van der Waals surface area (Å²) in [7, 11) is 0. The van der Waals surface area contributed by atoms with Crippen LogP contribution in [0.25, 0.3) is 0 Å². The van der Waals surface area contributed by atoms with Gasteiger partial charge in [-0.05, 0) is 17.9 Å². The minimum absolute atomic E-state index is 0.0673. The molecule has 0 heterocycles. The molecule has 1 N–H and O–H groups in total. The molecule has 0 unspecified atom stereocenters. The van der Waals surface area contributed by atoms with Gasteiger partial charge < -0.3 is 5.11 Å². The topological polar surface area (TPSA) is 37.3 Å². The zero-order chi connectivity index (χ0) is 13.5. The van der Waals surface area contributed by atoms with Gasteiger partial charge >= 0.3 is 0 Å². The van der Waals surface area contributed by atoms with E-state index in [0.29, 0.717) is 6.42 Å². The molecule has 0 radical (unpaired) electrons. The van der Waals surface area contributed by atoms with Crippen LogP contribution in [0.4, 0.5) is 0 Å². The number of alkyl halides is 1. The number of hydrogen-bond acceptors (Lipinski definition) is 2. The average molecular weight is 269 g/mol. The first-order chi connectivity index (χ1) is 8.50. The molecular formula is C15H21ClO2. The van der Waals surface area contributed by atoms with Gasteiger partial charge in [0.05, 0.1) is 11.5 Å². The minimum Gasteiger partial charge on any atom is -0.391 e. The van der Waals surface area contributed by atoms with Gasteiger partial charge in [0.2, 0.25) is 0 Å². The molecule has 0 saturated heterocycles. The van der Waals surface area contributed by atoms with E-state index < -0.39 is 6.10 Å². The van der Waals surface area contributed by atoms with Gasteiger partial charge in [-0.3, -0.25) is 4.79 Å². The molecule has 0 aliphatic rings. The molecule has 1 rings (SSSR count). The van der Waals surface area contributed by atoms with Crippen molar-refractivity contribution >= 4 is 17.4 Å². The quantitative estimate of drug-likeness (QED) is 0.771. The fraction of sp³-hybridized carbons (Fsp3) is 0.533. The molecule has 2 atom stereocenters. The molecule has 0 aliphatic carbocycles. The third kappa shape index (κ3) is 5.19. The van der Waals surface area contributed by atoms with Gasteiger partial charge in [0.15, 0.2) is 0 Å². The van der Waals surface area contributed by atoms with Gasteiger partial charge in [-0.15, -0.1) is 11.6 Å². The first-order valence-corrected chi connectivity index (χ1v) is 6.82. The fourth-order valence-corrected chi connectivity index (χ4v) is 1.91. The SMILES string of the molecule is CC(C)[C@H](Cl)[C@H](O)CC(=O)CCc1ccccc1. The van der Waals surface area contributed by atoms with Crippen LogP contribution in [0.2, 0.25) is 0 Å². The second-order valence-corrected chi connectivity index (χ2v) is 5.49. The number of halogens is 1. The Morgan fingerprint density at radius 1 is 1.28 bits per heavy atom. The molecule has 0 amide bonds. The van der Waals surface area contributed by atoms with E-state index in [4.69, 9.17) is 11.6 Å². The van der Waals surface area contributed by atoms with Crippen molar-refractivity contribution in [2.24, 2.45) is 5.92 Å². The molecule has 3 heteroatoms. The maximum Gasteiger partial charge on any atom is 0.135 e. The van der Waals surface area contributed by atoms with Crippen LogP contribution in [0.1, 0.15) is 32.3 Å². The summed E-state index contributed by atoms with van der Waals surface area (Å²) in [6.45, 7) is 3.88. The highest BCUT2D eigenvalue weighted by Gasteiger charge is 2.22. The molecule has 18 heavy (non-hydrogen) atoms. The van der Waals surface area contributed by atoms with E-state index in [-0.39, 0.29) is 23.5 Å². The third-order valence-corrected chi connectivity index (χ3v) is 3.77. The summed E-state index contributed by atoms with van der Waals surface area (Å²) >= 11 is 6.03. The van der Waals surface area contributed by atoms with Crippen LogP contribution in [0.15, 0.2) is 30.3 Å². The Hall–Kier alpha value is -0.860. The second-order valence-electron chi connectivity index (χ2n) is 4.98. The number of ketones is 1. The Morgan fingerprint density at radius 2 is 1.89 bits per heavy atom. The molecule has 0 spiro atoms. The van der Waals surface area contributed by atoms with Crippen LogP contribution < -0.4 is 0 Å². The van der Waals surface area contributed by atoms with E-state index in [9.17, 15) is 9.90 Å². The smallest absolute Gasteiger partial charge is 0.135 e. The second kappa shape index (κ2) is 7.55. The highest BCUT2D eigenvalue weighted by atomic mass is 35.5. The van der Waals surface area contributed by atoms with Gasteiger partial charge in [-0.25, -0.2) is 0 Å². The van der Waals surface area contributed by atoms with E-state index in [0.717, 1.165) is 12.0 Å². The first kappa shape index (κ1) is 15.2. The lowest BCUT2D eigenvalue weighted by Gasteiger charge is -2.19.